The molecule has 0 saturated carbocycles. The van der Waals surface area contributed by atoms with Gasteiger partial charge in [-0.25, -0.2) is 0 Å². The summed E-state index contributed by atoms with van der Waals surface area (Å²) >= 11 is 0. The summed E-state index contributed by atoms with van der Waals surface area (Å²) < 4.78 is 7.38. The van der Waals surface area contributed by atoms with Crippen molar-refractivity contribution >= 4 is 29.2 Å². The summed E-state index contributed by atoms with van der Waals surface area (Å²) in [5.41, 5.74) is 3.77. The highest BCUT2D eigenvalue weighted by molar-refractivity contribution is 5.87. The number of aromatic nitrogens is 2. The molecule has 4 rings (SSSR count). The Labute approximate surface area is 179 Å². The van der Waals surface area contributed by atoms with Gasteiger partial charge in [-0.15, -0.1) is 0 Å². The van der Waals surface area contributed by atoms with E-state index in [9.17, 15) is 9.59 Å². The lowest BCUT2D eigenvalue weighted by atomic mass is 9.99. The van der Waals surface area contributed by atoms with Gasteiger partial charge in [-0.05, 0) is 24.6 Å². The third-order valence-corrected chi connectivity index (χ3v) is 4.94. The van der Waals surface area contributed by atoms with Gasteiger partial charge in [0, 0.05) is 12.4 Å². The Morgan fingerprint density at radius 3 is 2.74 bits per heavy atom. The highest BCUT2D eigenvalue weighted by atomic mass is 16.5. The van der Waals surface area contributed by atoms with E-state index < -0.39 is 12.1 Å². The van der Waals surface area contributed by atoms with Gasteiger partial charge in [-0.2, -0.15) is 5.10 Å². The van der Waals surface area contributed by atoms with Crippen molar-refractivity contribution in [3.05, 3.63) is 65.4 Å². The minimum absolute atomic E-state index is 0.132. The van der Waals surface area contributed by atoms with Crippen molar-refractivity contribution in [3.8, 4) is 0 Å². The van der Waals surface area contributed by atoms with E-state index >= 15 is 0 Å². The minimum Gasteiger partial charge on any atom is -0.483 e. The largest absolute Gasteiger partial charge is 0.483 e. The van der Waals surface area contributed by atoms with Crippen LogP contribution in [0.2, 0.25) is 0 Å². The van der Waals surface area contributed by atoms with Gasteiger partial charge in [0.15, 0.2) is 6.10 Å². The summed E-state index contributed by atoms with van der Waals surface area (Å²) in [7, 11) is 1.88. The van der Waals surface area contributed by atoms with Crippen LogP contribution in [-0.2, 0) is 32.7 Å². The number of hydrogen-bond acceptors (Lipinski definition) is 5. The van der Waals surface area contributed by atoms with Crippen LogP contribution in [-0.4, -0.2) is 45.9 Å². The molecule has 2 aromatic carbocycles. The number of amides is 2. The number of morpholine rings is 1. The quantitative estimate of drug-likeness (QED) is 0.545. The Hall–Kier alpha value is -3.72. The zero-order valence-corrected chi connectivity index (χ0v) is 17.2. The molecule has 0 aliphatic carbocycles. The highest BCUT2D eigenvalue weighted by Gasteiger charge is 2.36. The molecular formula is C22H24N4O5. The fourth-order valence-corrected chi connectivity index (χ4v) is 3.55. The zero-order chi connectivity index (χ0) is 22.4. The second kappa shape index (κ2) is 9.86. The number of nitrogens with one attached hydrogen (secondary N) is 2. The first-order valence-corrected chi connectivity index (χ1v) is 9.68. The summed E-state index contributed by atoms with van der Waals surface area (Å²) in [6, 6.07) is 15.0. The van der Waals surface area contributed by atoms with Gasteiger partial charge >= 0.3 is 0 Å². The van der Waals surface area contributed by atoms with Crippen LogP contribution in [0.4, 0.5) is 0 Å². The third kappa shape index (κ3) is 5.07. The summed E-state index contributed by atoms with van der Waals surface area (Å²) in [5.74, 6) is -0.510. The minimum atomic E-state index is -0.795. The number of hydrogen-bond donors (Lipinski definition) is 3. The first-order valence-electron chi connectivity index (χ1n) is 9.68. The lowest BCUT2D eigenvalue weighted by Crippen LogP contribution is -2.52. The van der Waals surface area contributed by atoms with Crippen molar-refractivity contribution in [1.82, 2.24) is 20.4 Å². The van der Waals surface area contributed by atoms with Crippen molar-refractivity contribution in [3.63, 3.8) is 0 Å². The molecule has 0 spiro atoms. The van der Waals surface area contributed by atoms with Crippen molar-refractivity contribution in [2.24, 2.45) is 7.05 Å². The second-order valence-electron chi connectivity index (χ2n) is 7.10. The average Bonchev–Trinajstić information content (AvgIpc) is 3.08. The fourth-order valence-electron chi connectivity index (χ4n) is 3.55. The maximum absolute atomic E-state index is 12.8. The van der Waals surface area contributed by atoms with Gasteiger partial charge < -0.3 is 20.5 Å². The number of aryl methyl sites for hydroxylation is 2. The third-order valence-electron chi connectivity index (χ3n) is 4.94. The topological polar surface area (TPSA) is 123 Å². The predicted octanol–water partition coefficient (Wildman–Crippen LogP) is 1.46. The molecule has 1 fully saturated rings. The first-order chi connectivity index (χ1) is 14.9. The molecule has 1 aromatic heterocycles. The van der Waals surface area contributed by atoms with E-state index in [4.69, 9.17) is 14.6 Å². The molecule has 0 unspecified atom stereocenters. The Balaban J connectivity index is 0.000000858. The standard InChI is InChI=1S/C21H22N4O3.CH2O2/c1-13-8-9-17-15(10-13)16(24-25(17)2)11-22-21(27)20-19(23-18(26)12-28-20)14-6-4-3-5-7-14;2-1-3/h3-10,19-20H,11-12H2,1-2H3,(H,22,27)(H,23,26);1H,(H,2,3)/t19-,20+;/m1./s1. The molecule has 2 heterocycles. The monoisotopic (exact) mass is 424 g/mol. The Bertz CT molecular complexity index is 1080. The predicted molar refractivity (Wildman–Crippen MR) is 113 cm³/mol. The number of carbonyl (C=O) groups is 3. The summed E-state index contributed by atoms with van der Waals surface area (Å²) in [6.45, 7) is 1.93. The normalized spacial score (nSPS) is 17.9. The van der Waals surface area contributed by atoms with Gasteiger partial charge in [-0.1, -0.05) is 42.0 Å². The number of nitrogens with zero attached hydrogens (tertiary/aromatic N) is 2. The Kier molecular flexibility index (Phi) is 6.99. The van der Waals surface area contributed by atoms with E-state index in [0.29, 0.717) is 0 Å². The molecule has 162 valence electrons. The molecule has 0 bridgehead atoms. The molecule has 3 N–H and O–H groups in total. The molecule has 2 atom stereocenters. The number of carbonyl (C=O) groups excluding carboxylic acids is 2. The average molecular weight is 424 g/mol. The van der Waals surface area contributed by atoms with E-state index in [-0.39, 0.29) is 31.4 Å². The lowest BCUT2D eigenvalue weighted by Gasteiger charge is -2.31. The molecule has 31 heavy (non-hydrogen) atoms. The summed E-state index contributed by atoms with van der Waals surface area (Å²) in [5, 5.41) is 18.2. The van der Waals surface area contributed by atoms with Crippen LogP contribution in [0.5, 0.6) is 0 Å². The summed E-state index contributed by atoms with van der Waals surface area (Å²) in [6.07, 6.45) is -0.795. The number of ether oxygens (including phenoxy) is 1. The van der Waals surface area contributed by atoms with Crippen LogP contribution in [0.1, 0.15) is 22.9 Å². The van der Waals surface area contributed by atoms with Crippen molar-refractivity contribution in [2.75, 3.05) is 6.61 Å². The lowest BCUT2D eigenvalue weighted by molar-refractivity contribution is -0.148. The zero-order valence-electron chi connectivity index (χ0n) is 17.2. The molecule has 3 aromatic rings. The summed E-state index contributed by atoms with van der Waals surface area (Å²) in [4.78, 5) is 33.0. The Morgan fingerprint density at radius 1 is 1.32 bits per heavy atom. The van der Waals surface area contributed by atoms with Crippen molar-refractivity contribution in [1.29, 1.82) is 0 Å². The van der Waals surface area contributed by atoms with E-state index in [1.807, 2.05) is 56.4 Å². The molecule has 1 aliphatic rings. The maximum Gasteiger partial charge on any atom is 0.290 e. The van der Waals surface area contributed by atoms with Crippen LogP contribution in [0.15, 0.2) is 48.5 Å². The van der Waals surface area contributed by atoms with Gasteiger partial charge in [-0.3, -0.25) is 19.1 Å². The number of fused-ring (bicyclic) bond motifs is 1. The van der Waals surface area contributed by atoms with Crippen molar-refractivity contribution in [2.45, 2.75) is 25.6 Å². The molecule has 1 saturated heterocycles. The number of rotatable bonds is 4. The molecule has 9 nitrogen and oxygen atoms in total. The molecule has 0 radical (unpaired) electrons. The van der Waals surface area contributed by atoms with Gasteiger partial charge in [0.25, 0.3) is 12.4 Å². The van der Waals surface area contributed by atoms with Gasteiger partial charge in [0.05, 0.1) is 23.8 Å². The van der Waals surface area contributed by atoms with Crippen LogP contribution >= 0.6 is 0 Å². The molecular weight excluding hydrogens is 400 g/mol. The van der Waals surface area contributed by atoms with E-state index in [0.717, 1.165) is 27.7 Å². The van der Waals surface area contributed by atoms with E-state index in [2.05, 4.69) is 21.8 Å². The van der Waals surface area contributed by atoms with Gasteiger partial charge in [0.2, 0.25) is 5.91 Å². The van der Waals surface area contributed by atoms with Gasteiger partial charge in [0.1, 0.15) is 6.61 Å². The van der Waals surface area contributed by atoms with Crippen LogP contribution in [0.25, 0.3) is 10.9 Å². The fraction of sp³-hybridized carbons (Fsp3) is 0.273. The van der Waals surface area contributed by atoms with E-state index in [1.165, 1.54) is 0 Å². The van der Waals surface area contributed by atoms with Crippen LogP contribution < -0.4 is 10.6 Å². The maximum atomic E-state index is 12.8. The molecule has 2 amide bonds. The number of carboxylic acid groups (broad SMARTS) is 1. The highest BCUT2D eigenvalue weighted by Crippen LogP contribution is 2.23. The van der Waals surface area contributed by atoms with Crippen LogP contribution in [0, 0.1) is 6.92 Å². The number of benzene rings is 2. The molecule has 9 heteroatoms. The van der Waals surface area contributed by atoms with E-state index in [1.54, 1.807) is 4.68 Å². The second-order valence-corrected chi connectivity index (χ2v) is 7.10. The first kappa shape index (κ1) is 22.0. The van der Waals surface area contributed by atoms with Crippen LogP contribution in [0.3, 0.4) is 0 Å². The Morgan fingerprint density at radius 2 is 2.03 bits per heavy atom. The SMILES string of the molecule is Cc1ccc2c(c1)c(CNC(=O)[C@H]1OCC(=O)N[C@@H]1c1ccccc1)nn2C.O=CO. The van der Waals surface area contributed by atoms with Crippen molar-refractivity contribution < 1.29 is 24.2 Å². The molecule has 1 aliphatic heterocycles. The smallest absolute Gasteiger partial charge is 0.290 e.